The first kappa shape index (κ1) is 14.6. The maximum absolute atomic E-state index is 12.0. The summed E-state index contributed by atoms with van der Waals surface area (Å²) in [6, 6.07) is 18.8. The summed E-state index contributed by atoms with van der Waals surface area (Å²) in [5, 5.41) is 6.04. The molecule has 2 N–H and O–H groups in total. The van der Waals surface area contributed by atoms with E-state index in [9.17, 15) is 4.79 Å². The van der Waals surface area contributed by atoms with Gasteiger partial charge in [-0.2, -0.15) is 0 Å². The number of carbonyl (C=O) groups excluding carboxylic acids is 1. The molecule has 1 aliphatic rings. The first-order valence-electron chi connectivity index (χ1n) is 7.99. The molecule has 1 aliphatic carbocycles. The smallest absolute Gasteiger partial charge is 0.315 e. The maximum Gasteiger partial charge on any atom is 0.315 e. The predicted molar refractivity (Wildman–Crippen MR) is 88.8 cm³/mol. The Kier molecular flexibility index (Phi) is 4.74. The Hall–Kier alpha value is -2.29. The summed E-state index contributed by atoms with van der Waals surface area (Å²) in [4.78, 5) is 12.0. The van der Waals surface area contributed by atoms with Gasteiger partial charge in [-0.1, -0.05) is 54.6 Å². The molecule has 0 aromatic heterocycles. The van der Waals surface area contributed by atoms with E-state index in [1.807, 2.05) is 24.3 Å². The second kappa shape index (κ2) is 7.12. The molecule has 2 aromatic carbocycles. The van der Waals surface area contributed by atoms with Crippen molar-refractivity contribution in [3.05, 3.63) is 71.3 Å². The van der Waals surface area contributed by atoms with Crippen LogP contribution in [0.25, 0.3) is 0 Å². The van der Waals surface area contributed by atoms with E-state index in [-0.39, 0.29) is 12.1 Å². The van der Waals surface area contributed by atoms with Crippen LogP contribution in [0.3, 0.4) is 0 Å². The minimum absolute atomic E-state index is 0.0604. The number of hydrogen-bond donors (Lipinski definition) is 2. The van der Waals surface area contributed by atoms with Gasteiger partial charge in [0.25, 0.3) is 0 Å². The van der Waals surface area contributed by atoms with Crippen LogP contribution in [-0.2, 0) is 12.8 Å². The first-order chi connectivity index (χ1) is 10.8. The van der Waals surface area contributed by atoms with E-state index in [1.54, 1.807) is 0 Å². The second-order valence-electron chi connectivity index (χ2n) is 5.78. The summed E-state index contributed by atoms with van der Waals surface area (Å²) in [6.45, 7) is 0.703. The molecule has 0 unspecified atom stereocenters. The van der Waals surface area contributed by atoms with Crippen molar-refractivity contribution < 1.29 is 4.79 Å². The van der Waals surface area contributed by atoms with Gasteiger partial charge in [0.1, 0.15) is 0 Å². The number of hydrogen-bond acceptors (Lipinski definition) is 1. The number of amides is 2. The molecule has 0 radical (unpaired) electrons. The number of benzene rings is 2. The highest BCUT2D eigenvalue weighted by Gasteiger charge is 2.22. The second-order valence-corrected chi connectivity index (χ2v) is 5.78. The van der Waals surface area contributed by atoms with Gasteiger partial charge < -0.3 is 10.6 Å². The lowest BCUT2D eigenvalue weighted by Gasteiger charge is -2.15. The zero-order valence-electron chi connectivity index (χ0n) is 12.7. The molecule has 3 nitrogen and oxygen atoms in total. The van der Waals surface area contributed by atoms with Crippen LogP contribution in [0, 0.1) is 0 Å². The molecule has 1 atom stereocenters. The largest absolute Gasteiger partial charge is 0.338 e. The van der Waals surface area contributed by atoms with Crippen LogP contribution < -0.4 is 10.6 Å². The Balaban J connectivity index is 1.40. The van der Waals surface area contributed by atoms with Crippen LogP contribution in [0.1, 0.15) is 35.6 Å². The van der Waals surface area contributed by atoms with Gasteiger partial charge >= 0.3 is 6.03 Å². The summed E-state index contributed by atoms with van der Waals surface area (Å²) in [6.07, 6.45) is 4.00. The molecular formula is C19H22N2O. The van der Waals surface area contributed by atoms with Gasteiger partial charge in [0.15, 0.2) is 0 Å². The van der Waals surface area contributed by atoms with Crippen molar-refractivity contribution in [3.8, 4) is 0 Å². The average molecular weight is 294 g/mol. The molecule has 0 saturated carbocycles. The summed E-state index contributed by atoms with van der Waals surface area (Å²) in [5.41, 5.74) is 3.94. The minimum Gasteiger partial charge on any atom is -0.338 e. The zero-order valence-corrected chi connectivity index (χ0v) is 12.7. The van der Waals surface area contributed by atoms with Gasteiger partial charge in [0, 0.05) is 6.54 Å². The Morgan fingerprint density at radius 2 is 1.82 bits per heavy atom. The summed E-state index contributed by atoms with van der Waals surface area (Å²) < 4.78 is 0. The van der Waals surface area contributed by atoms with Gasteiger partial charge in [0.05, 0.1) is 6.04 Å². The van der Waals surface area contributed by atoms with E-state index in [0.29, 0.717) is 6.54 Å². The third kappa shape index (κ3) is 3.67. The van der Waals surface area contributed by atoms with E-state index in [0.717, 1.165) is 25.7 Å². The molecule has 0 heterocycles. The number of carbonyl (C=O) groups is 1. The highest BCUT2D eigenvalue weighted by Crippen LogP contribution is 2.30. The molecule has 2 aromatic rings. The number of aryl methyl sites for hydroxylation is 2. The van der Waals surface area contributed by atoms with Crippen molar-refractivity contribution in [1.82, 2.24) is 10.6 Å². The van der Waals surface area contributed by atoms with E-state index in [1.165, 1.54) is 16.7 Å². The molecule has 3 heteroatoms. The van der Waals surface area contributed by atoms with Gasteiger partial charge in [-0.05, 0) is 42.4 Å². The zero-order chi connectivity index (χ0) is 15.2. The number of nitrogens with one attached hydrogen (secondary N) is 2. The van der Waals surface area contributed by atoms with Crippen LogP contribution in [0.4, 0.5) is 4.79 Å². The molecule has 2 amide bonds. The fraction of sp³-hybridized carbons (Fsp3) is 0.316. The van der Waals surface area contributed by atoms with E-state index >= 15 is 0 Å². The van der Waals surface area contributed by atoms with Gasteiger partial charge in [0.2, 0.25) is 0 Å². The molecule has 114 valence electrons. The summed E-state index contributed by atoms with van der Waals surface area (Å²) in [5.74, 6) is 0. The van der Waals surface area contributed by atoms with Crippen LogP contribution >= 0.6 is 0 Å². The molecule has 3 rings (SSSR count). The fourth-order valence-corrected chi connectivity index (χ4v) is 3.06. The molecule has 0 bridgehead atoms. The SMILES string of the molecule is O=C(NCCCc1ccccc1)N[C@@H]1CCc2ccccc21. The van der Waals surface area contributed by atoms with Gasteiger partial charge in [-0.25, -0.2) is 4.79 Å². The first-order valence-corrected chi connectivity index (χ1v) is 7.99. The minimum atomic E-state index is -0.0604. The van der Waals surface area contributed by atoms with Crippen molar-refractivity contribution in [2.24, 2.45) is 0 Å². The highest BCUT2D eigenvalue weighted by molar-refractivity contribution is 5.74. The van der Waals surface area contributed by atoms with Crippen molar-refractivity contribution >= 4 is 6.03 Å². The Morgan fingerprint density at radius 3 is 2.68 bits per heavy atom. The standard InChI is InChI=1S/C19H22N2O/c22-19(20-14-6-9-15-7-2-1-3-8-15)21-18-13-12-16-10-4-5-11-17(16)18/h1-5,7-8,10-11,18H,6,9,12-14H2,(H2,20,21,22)/t18-/m1/s1. The lowest BCUT2D eigenvalue weighted by atomic mass is 10.1. The van der Waals surface area contributed by atoms with E-state index in [4.69, 9.17) is 0 Å². The summed E-state index contributed by atoms with van der Waals surface area (Å²) in [7, 11) is 0. The van der Waals surface area contributed by atoms with E-state index < -0.39 is 0 Å². The Bertz CT molecular complexity index is 624. The van der Waals surface area contributed by atoms with Crippen LogP contribution in [0.2, 0.25) is 0 Å². The summed E-state index contributed by atoms with van der Waals surface area (Å²) >= 11 is 0. The Labute approximate surface area is 131 Å². The monoisotopic (exact) mass is 294 g/mol. The third-order valence-electron chi connectivity index (χ3n) is 4.21. The van der Waals surface area contributed by atoms with Crippen molar-refractivity contribution in [3.63, 3.8) is 0 Å². The van der Waals surface area contributed by atoms with Crippen LogP contribution in [0.5, 0.6) is 0 Å². The van der Waals surface area contributed by atoms with Crippen molar-refractivity contribution in [1.29, 1.82) is 0 Å². The number of fused-ring (bicyclic) bond motifs is 1. The predicted octanol–water partition coefficient (Wildman–Crippen LogP) is 3.61. The lowest BCUT2D eigenvalue weighted by molar-refractivity contribution is 0.237. The van der Waals surface area contributed by atoms with Gasteiger partial charge in [-0.15, -0.1) is 0 Å². The fourth-order valence-electron chi connectivity index (χ4n) is 3.06. The Morgan fingerprint density at radius 1 is 1.05 bits per heavy atom. The molecule has 22 heavy (non-hydrogen) atoms. The average Bonchev–Trinajstić information content (AvgIpc) is 2.96. The van der Waals surface area contributed by atoms with Crippen LogP contribution in [-0.4, -0.2) is 12.6 Å². The number of rotatable bonds is 5. The molecule has 0 fully saturated rings. The van der Waals surface area contributed by atoms with Crippen molar-refractivity contribution in [2.75, 3.05) is 6.54 Å². The van der Waals surface area contributed by atoms with E-state index in [2.05, 4.69) is 41.0 Å². The molecular weight excluding hydrogens is 272 g/mol. The highest BCUT2D eigenvalue weighted by atomic mass is 16.2. The molecule has 0 saturated heterocycles. The molecule has 0 aliphatic heterocycles. The van der Waals surface area contributed by atoms with Gasteiger partial charge in [-0.3, -0.25) is 0 Å². The van der Waals surface area contributed by atoms with Crippen LogP contribution in [0.15, 0.2) is 54.6 Å². The lowest BCUT2D eigenvalue weighted by Crippen LogP contribution is -2.37. The maximum atomic E-state index is 12.0. The molecule has 0 spiro atoms. The van der Waals surface area contributed by atoms with Crippen molar-refractivity contribution in [2.45, 2.75) is 31.7 Å². The topological polar surface area (TPSA) is 41.1 Å². The normalized spacial score (nSPS) is 16.1. The third-order valence-corrected chi connectivity index (χ3v) is 4.21. The quantitative estimate of drug-likeness (QED) is 0.813. The number of urea groups is 1.